The molecule has 1 aromatic heterocycles. The number of benzene rings is 2. The maximum Gasteiger partial charge on any atom is 0.101 e. The van der Waals surface area contributed by atoms with Crippen molar-refractivity contribution < 1.29 is 0 Å². The summed E-state index contributed by atoms with van der Waals surface area (Å²) in [5.74, 6) is 0. The van der Waals surface area contributed by atoms with E-state index in [0.717, 1.165) is 16.9 Å². The van der Waals surface area contributed by atoms with E-state index < -0.39 is 0 Å². The third kappa shape index (κ3) is 2.77. The van der Waals surface area contributed by atoms with Crippen LogP contribution in [0.25, 0.3) is 5.69 Å². The molecule has 4 nitrogen and oxygen atoms in total. The van der Waals surface area contributed by atoms with Gasteiger partial charge >= 0.3 is 0 Å². The minimum Gasteiger partial charge on any atom is -0.380 e. The largest absolute Gasteiger partial charge is 0.380 e. The Morgan fingerprint density at radius 1 is 1.05 bits per heavy atom. The number of anilines is 1. The van der Waals surface area contributed by atoms with Gasteiger partial charge in [0.05, 0.1) is 16.9 Å². The lowest BCUT2D eigenvalue weighted by atomic mass is 10.1. The number of nitrogens with zero attached hydrogens (tertiary/aromatic N) is 3. The monoisotopic (exact) mass is 274 g/mol. The topological polar surface area (TPSA) is 53.6 Å². The van der Waals surface area contributed by atoms with Gasteiger partial charge in [-0.3, -0.25) is 0 Å². The van der Waals surface area contributed by atoms with E-state index in [0.29, 0.717) is 12.1 Å². The molecule has 0 aliphatic carbocycles. The molecule has 0 unspecified atom stereocenters. The molecule has 21 heavy (non-hydrogen) atoms. The molecule has 102 valence electrons. The van der Waals surface area contributed by atoms with Gasteiger partial charge in [-0.2, -0.15) is 10.4 Å². The first-order valence-corrected chi connectivity index (χ1v) is 6.69. The highest BCUT2D eigenvalue weighted by molar-refractivity contribution is 5.57. The number of hydrogen-bond donors (Lipinski definition) is 1. The lowest BCUT2D eigenvalue weighted by Gasteiger charge is -2.12. The van der Waals surface area contributed by atoms with Crippen molar-refractivity contribution in [3.8, 4) is 11.8 Å². The van der Waals surface area contributed by atoms with Crippen LogP contribution in [-0.2, 0) is 6.54 Å². The quantitative estimate of drug-likeness (QED) is 0.793. The minimum atomic E-state index is 0.634. The highest BCUT2D eigenvalue weighted by Gasteiger charge is 2.05. The fourth-order valence-corrected chi connectivity index (χ4v) is 2.22. The molecule has 3 rings (SSSR count). The van der Waals surface area contributed by atoms with Crippen LogP contribution < -0.4 is 5.32 Å². The van der Waals surface area contributed by atoms with Crippen molar-refractivity contribution in [1.29, 1.82) is 5.26 Å². The van der Waals surface area contributed by atoms with Crippen LogP contribution in [0.1, 0.15) is 11.1 Å². The van der Waals surface area contributed by atoms with Crippen molar-refractivity contribution in [3.63, 3.8) is 0 Å². The van der Waals surface area contributed by atoms with E-state index in [9.17, 15) is 0 Å². The van der Waals surface area contributed by atoms with Crippen molar-refractivity contribution in [2.45, 2.75) is 6.54 Å². The van der Waals surface area contributed by atoms with Crippen molar-refractivity contribution >= 4 is 5.69 Å². The molecular formula is C17H14N4. The summed E-state index contributed by atoms with van der Waals surface area (Å²) in [4.78, 5) is 0. The van der Waals surface area contributed by atoms with E-state index >= 15 is 0 Å². The summed E-state index contributed by atoms with van der Waals surface area (Å²) in [7, 11) is 0. The van der Waals surface area contributed by atoms with E-state index in [1.54, 1.807) is 6.20 Å². The van der Waals surface area contributed by atoms with Crippen LogP contribution in [0, 0.1) is 11.3 Å². The van der Waals surface area contributed by atoms with Gasteiger partial charge in [0.2, 0.25) is 0 Å². The summed E-state index contributed by atoms with van der Waals surface area (Å²) >= 11 is 0. The third-order valence-corrected chi connectivity index (χ3v) is 3.26. The van der Waals surface area contributed by atoms with Crippen LogP contribution in [0.3, 0.4) is 0 Å². The molecule has 0 atom stereocenters. The number of nitriles is 1. The van der Waals surface area contributed by atoms with Gasteiger partial charge in [-0.05, 0) is 29.8 Å². The van der Waals surface area contributed by atoms with Gasteiger partial charge in [0.1, 0.15) is 6.07 Å². The molecule has 0 saturated carbocycles. The lowest BCUT2D eigenvalue weighted by molar-refractivity contribution is 0.864. The SMILES string of the molecule is N#Cc1ccccc1NCc1ccccc1-n1cccn1. The maximum atomic E-state index is 9.12. The van der Waals surface area contributed by atoms with Gasteiger partial charge in [-0.25, -0.2) is 4.68 Å². The fourth-order valence-electron chi connectivity index (χ4n) is 2.22. The van der Waals surface area contributed by atoms with E-state index in [1.165, 1.54) is 0 Å². The van der Waals surface area contributed by atoms with Gasteiger partial charge in [-0.1, -0.05) is 30.3 Å². The number of nitrogens with one attached hydrogen (secondary N) is 1. The van der Waals surface area contributed by atoms with Gasteiger partial charge in [-0.15, -0.1) is 0 Å². The van der Waals surface area contributed by atoms with Crippen molar-refractivity contribution in [1.82, 2.24) is 9.78 Å². The van der Waals surface area contributed by atoms with E-state index in [1.807, 2.05) is 59.4 Å². The second-order valence-electron chi connectivity index (χ2n) is 4.59. The Hall–Kier alpha value is -3.06. The molecule has 0 saturated heterocycles. The van der Waals surface area contributed by atoms with E-state index in [-0.39, 0.29) is 0 Å². The Labute approximate surface area is 123 Å². The third-order valence-electron chi connectivity index (χ3n) is 3.26. The Balaban J connectivity index is 1.85. The summed E-state index contributed by atoms with van der Waals surface area (Å²) in [5, 5.41) is 16.7. The van der Waals surface area contributed by atoms with Crippen molar-refractivity contribution in [2.75, 3.05) is 5.32 Å². The molecule has 2 aromatic carbocycles. The molecule has 1 heterocycles. The zero-order valence-corrected chi connectivity index (χ0v) is 11.4. The summed E-state index contributed by atoms with van der Waals surface area (Å²) in [6.07, 6.45) is 3.68. The average Bonchev–Trinajstić information content (AvgIpc) is 3.08. The second-order valence-corrected chi connectivity index (χ2v) is 4.59. The van der Waals surface area contributed by atoms with Crippen LogP contribution in [0.2, 0.25) is 0 Å². The van der Waals surface area contributed by atoms with Crippen LogP contribution >= 0.6 is 0 Å². The van der Waals surface area contributed by atoms with Crippen LogP contribution in [0.4, 0.5) is 5.69 Å². The summed E-state index contributed by atoms with van der Waals surface area (Å²) in [6, 6.07) is 19.7. The molecule has 4 heteroatoms. The van der Waals surface area contributed by atoms with Crippen LogP contribution in [-0.4, -0.2) is 9.78 Å². The maximum absolute atomic E-state index is 9.12. The van der Waals surface area contributed by atoms with Gasteiger partial charge in [0, 0.05) is 18.9 Å². The first-order valence-electron chi connectivity index (χ1n) is 6.69. The zero-order chi connectivity index (χ0) is 14.5. The standard InChI is InChI=1S/C17H14N4/c18-12-14-6-1-3-8-16(14)19-13-15-7-2-4-9-17(15)21-11-5-10-20-21/h1-11,19H,13H2. The van der Waals surface area contributed by atoms with E-state index in [2.05, 4.69) is 22.6 Å². The Morgan fingerprint density at radius 2 is 1.86 bits per heavy atom. The fraction of sp³-hybridized carbons (Fsp3) is 0.0588. The van der Waals surface area contributed by atoms with E-state index in [4.69, 9.17) is 5.26 Å². The van der Waals surface area contributed by atoms with Crippen molar-refractivity contribution in [2.24, 2.45) is 0 Å². The van der Waals surface area contributed by atoms with Crippen LogP contribution in [0.15, 0.2) is 67.0 Å². The Kier molecular flexibility index (Phi) is 3.66. The summed E-state index contributed by atoms with van der Waals surface area (Å²) in [5.41, 5.74) is 3.64. The second kappa shape index (κ2) is 5.93. The molecule has 0 spiro atoms. The molecule has 0 aliphatic rings. The molecule has 1 N–H and O–H groups in total. The summed E-state index contributed by atoms with van der Waals surface area (Å²) < 4.78 is 1.84. The molecule has 0 bridgehead atoms. The van der Waals surface area contributed by atoms with Gasteiger partial charge in [0.15, 0.2) is 0 Å². The lowest BCUT2D eigenvalue weighted by Crippen LogP contribution is -2.06. The highest BCUT2D eigenvalue weighted by Crippen LogP contribution is 2.18. The zero-order valence-electron chi connectivity index (χ0n) is 11.4. The average molecular weight is 274 g/mol. The van der Waals surface area contributed by atoms with Gasteiger partial charge < -0.3 is 5.32 Å². The van der Waals surface area contributed by atoms with Gasteiger partial charge in [0.25, 0.3) is 0 Å². The normalized spacial score (nSPS) is 10.0. The minimum absolute atomic E-state index is 0.634. The predicted molar refractivity (Wildman–Crippen MR) is 82.0 cm³/mol. The Morgan fingerprint density at radius 3 is 2.67 bits per heavy atom. The number of rotatable bonds is 4. The number of hydrogen-bond acceptors (Lipinski definition) is 3. The first kappa shape index (κ1) is 12.9. The number of para-hydroxylation sites is 2. The van der Waals surface area contributed by atoms with Crippen molar-refractivity contribution in [3.05, 3.63) is 78.1 Å². The molecule has 0 radical (unpaired) electrons. The summed E-state index contributed by atoms with van der Waals surface area (Å²) in [6.45, 7) is 0.634. The Bertz CT molecular complexity index is 769. The first-order chi connectivity index (χ1) is 10.4. The molecule has 3 aromatic rings. The molecular weight excluding hydrogens is 260 g/mol. The smallest absolute Gasteiger partial charge is 0.101 e. The molecule has 0 fully saturated rings. The molecule has 0 aliphatic heterocycles. The number of aromatic nitrogens is 2. The highest BCUT2D eigenvalue weighted by atomic mass is 15.3. The predicted octanol–water partition coefficient (Wildman–Crippen LogP) is 3.36. The molecule has 0 amide bonds. The van der Waals surface area contributed by atoms with Crippen LogP contribution in [0.5, 0.6) is 0 Å².